The van der Waals surface area contributed by atoms with Crippen LogP contribution in [0.4, 0.5) is 8.78 Å². The fraction of sp³-hybridized carbons (Fsp3) is 0.0714. The summed E-state index contributed by atoms with van der Waals surface area (Å²) in [5.41, 5.74) is 0.412. The zero-order valence-corrected chi connectivity index (χ0v) is 9.98. The van der Waals surface area contributed by atoms with Crippen molar-refractivity contribution in [3.05, 3.63) is 53.6 Å². The van der Waals surface area contributed by atoms with Crippen molar-refractivity contribution in [3.8, 4) is 16.9 Å². The van der Waals surface area contributed by atoms with Gasteiger partial charge in [0.15, 0.2) is 11.6 Å². The summed E-state index contributed by atoms with van der Waals surface area (Å²) >= 11 is 0. The number of halogens is 2. The molecule has 0 heterocycles. The summed E-state index contributed by atoms with van der Waals surface area (Å²) in [6, 6.07) is 7.80. The molecule has 2 aromatic carbocycles. The number of methoxy groups -OCH3 is 1. The van der Waals surface area contributed by atoms with Crippen molar-refractivity contribution in [1.82, 2.24) is 0 Å². The minimum absolute atomic E-state index is 0.0873. The predicted octanol–water partition coefficient (Wildman–Crippen LogP) is 3.34. The number of carboxylic acid groups (broad SMARTS) is 1. The molecule has 19 heavy (non-hydrogen) atoms. The first-order valence-electron chi connectivity index (χ1n) is 5.39. The molecular weight excluding hydrogens is 254 g/mol. The molecule has 3 nitrogen and oxygen atoms in total. The Hall–Kier alpha value is -2.43. The van der Waals surface area contributed by atoms with Crippen molar-refractivity contribution in [2.75, 3.05) is 7.11 Å². The van der Waals surface area contributed by atoms with E-state index in [1.54, 1.807) is 6.07 Å². The lowest BCUT2D eigenvalue weighted by Gasteiger charge is -2.07. The maximum Gasteiger partial charge on any atom is 0.338 e. The molecular formula is C14H10F2O3. The molecule has 0 atom stereocenters. The van der Waals surface area contributed by atoms with Crippen LogP contribution in [0.1, 0.15) is 10.4 Å². The largest absolute Gasteiger partial charge is 0.494 e. The molecule has 0 aliphatic rings. The third-order valence-electron chi connectivity index (χ3n) is 2.68. The van der Waals surface area contributed by atoms with E-state index in [-0.39, 0.29) is 5.75 Å². The van der Waals surface area contributed by atoms with Crippen molar-refractivity contribution >= 4 is 5.97 Å². The Bertz CT molecular complexity index is 639. The number of rotatable bonds is 3. The van der Waals surface area contributed by atoms with E-state index in [1.807, 2.05) is 0 Å². The second-order valence-corrected chi connectivity index (χ2v) is 3.85. The highest BCUT2D eigenvalue weighted by Gasteiger charge is 2.12. The van der Waals surface area contributed by atoms with Crippen LogP contribution >= 0.6 is 0 Å². The summed E-state index contributed by atoms with van der Waals surface area (Å²) in [5, 5.41) is 8.84. The van der Waals surface area contributed by atoms with E-state index in [4.69, 9.17) is 9.84 Å². The zero-order valence-electron chi connectivity index (χ0n) is 9.98. The van der Waals surface area contributed by atoms with Gasteiger partial charge in [0, 0.05) is 0 Å². The van der Waals surface area contributed by atoms with Gasteiger partial charge in [-0.1, -0.05) is 12.1 Å². The van der Waals surface area contributed by atoms with Gasteiger partial charge >= 0.3 is 5.97 Å². The molecule has 98 valence electrons. The Balaban J connectivity index is 2.50. The molecule has 5 heteroatoms. The summed E-state index contributed by atoms with van der Waals surface area (Å²) in [6.45, 7) is 0. The van der Waals surface area contributed by atoms with E-state index in [0.717, 1.165) is 6.07 Å². The van der Waals surface area contributed by atoms with E-state index >= 15 is 0 Å². The van der Waals surface area contributed by atoms with Crippen LogP contribution in [0, 0.1) is 11.6 Å². The van der Waals surface area contributed by atoms with Crippen LogP contribution in [-0.4, -0.2) is 18.2 Å². The number of carbonyl (C=O) groups is 1. The molecule has 0 amide bonds. The predicted molar refractivity (Wildman–Crippen MR) is 65.3 cm³/mol. The van der Waals surface area contributed by atoms with Gasteiger partial charge < -0.3 is 9.84 Å². The summed E-state index contributed by atoms with van der Waals surface area (Å²) < 4.78 is 31.6. The highest BCUT2D eigenvalue weighted by molar-refractivity contribution is 5.89. The number of hydrogen-bond donors (Lipinski definition) is 1. The second kappa shape index (κ2) is 5.06. The van der Waals surface area contributed by atoms with Gasteiger partial charge in [0.05, 0.1) is 12.7 Å². The smallest absolute Gasteiger partial charge is 0.338 e. The molecule has 0 bridgehead atoms. The first-order chi connectivity index (χ1) is 9.02. The molecule has 1 N–H and O–H groups in total. The molecule has 0 aromatic heterocycles. The van der Waals surface area contributed by atoms with Gasteiger partial charge in [0.2, 0.25) is 0 Å². The summed E-state index contributed by atoms with van der Waals surface area (Å²) in [4.78, 5) is 10.8. The van der Waals surface area contributed by atoms with E-state index in [9.17, 15) is 13.6 Å². The molecule has 0 aliphatic carbocycles. The summed E-state index contributed by atoms with van der Waals surface area (Å²) in [5.74, 6) is -2.68. The number of hydrogen-bond acceptors (Lipinski definition) is 2. The minimum Gasteiger partial charge on any atom is -0.494 e. The van der Waals surface area contributed by atoms with Crippen molar-refractivity contribution in [2.24, 2.45) is 0 Å². The second-order valence-electron chi connectivity index (χ2n) is 3.85. The molecule has 0 radical (unpaired) electrons. The van der Waals surface area contributed by atoms with Gasteiger partial charge in [-0.3, -0.25) is 0 Å². The first-order valence-corrected chi connectivity index (χ1v) is 5.39. The Labute approximate surface area is 108 Å². The van der Waals surface area contributed by atoms with Gasteiger partial charge in [0.1, 0.15) is 5.82 Å². The maximum atomic E-state index is 13.6. The van der Waals surface area contributed by atoms with Gasteiger partial charge in [-0.2, -0.15) is 0 Å². The SMILES string of the molecule is COc1ccc(-c2ccc(F)c(C(=O)O)c2)cc1F. The van der Waals surface area contributed by atoms with Gasteiger partial charge in [0.25, 0.3) is 0 Å². The van der Waals surface area contributed by atoms with Crippen molar-refractivity contribution in [1.29, 1.82) is 0 Å². The fourth-order valence-corrected chi connectivity index (χ4v) is 1.71. The van der Waals surface area contributed by atoms with Crippen LogP contribution in [0.3, 0.4) is 0 Å². The average Bonchev–Trinajstić information content (AvgIpc) is 2.38. The standard InChI is InChI=1S/C14H10F2O3/c1-19-13-5-3-9(7-12(13)16)8-2-4-11(15)10(6-8)14(17)18/h2-7H,1H3,(H,17,18). The van der Waals surface area contributed by atoms with Gasteiger partial charge in [-0.25, -0.2) is 13.6 Å². The lowest BCUT2D eigenvalue weighted by Crippen LogP contribution is -2.00. The molecule has 0 fully saturated rings. The molecule has 0 saturated carbocycles. The highest BCUT2D eigenvalue weighted by atomic mass is 19.1. The third-order valence-corrected chi connectivity index (χ3v) is 2.68. The van der Waals surface area contributed by atoms with Crippen LogP contribution in [-0.2, 0) is 0 Å². The van der Waals surface area contributed by atoms with Gasteiger partial charge in [-0.05, 0) is 35.4 Å². The fourth-order valence-electron chi connectivity index (χ4n) is 1.71. The summed E-state index contributed by atoms with van der Waals surface area (Å²) in [6.07, 6.45) is 0. The molecule has 0 spiro atoms. The lowest BCUT2D eigenvalue weighted by atomic mass is 10.0. The van der Waals surface area contributed by atoms with Crippen LogP contribution in [0.15, 0.2) is 36.4 Å². The number of carboxylic acids is 1. The Morgan fingerprint density at radius 1 is 1.05 bits per heavy atom. The topological polar surface area (TPSA) is 46.5 Å². The first kappa shape index (κ1) is 13.0. The Morgan fingerprint density at radius 2 is 1.68 bits per heavy atom. The molecule has 0 aliphatic heterocycles. The van der Waals surface area contributed by atoms with Crippen LogP contribution in [0.2, 0.25) is 0 Å². The normalized spacial score (nSPS) is 10.3. The van der Waals surface area contributed by atoms with E-state index in [0.29, 0.717) is 11.1 Å². The number of ether oxygens (including phenoxy) is 1. The van der Waals surface area contributed by atoms with Gasteiger partial charge in [-0.15, -0.1) is 0 Å². The number of benzene rings is 2. The molecule has 0 unspecified atom stereocenters. The highest BCUT2D eigenvalue weighted by Crippen LogP contribution is 2.26. The quantitative estimate of drug-likeness (QED) is 0.924. The van der Waals surface area contributed by atoms with Crippen molar-refractivity contribution < 1.29 is 23.4 Å². The minimum atomic E-state index is -1.37. The third kappa shape index (κ3) is 2.54. The summed E-state index contributed by atoms with van der Waals surface area (Å²) in [7, 11) is 1.35. The van der Waals surface area contributed by atoms with E-state index in [1.165, 1.54) is 31.4 Å². The van der Waals surface area contributed by atoms with Crippen molar-refractivity contribution in [3.63, 3.8) is 0 Å². The maximum absolute atomic E-state index is 13.6. The van der Waals surface area contributed by atoms with Crippen molar-refractivity contribution in [2.45, 2.75) is 0 Å². The average molecular weight is 264 g/mol. The monoisotopic (exact) mass is 264 g/mol. The van der Waals surface area contributed by atoms with Crippen LogP contribution in [0.5, 0.6) is 5.75 Å². The van der Waals surface area contributed by atoms with Crippen LogP contribution < -0.4 is 4.74 Å². The molecule has 2 aromatic rings. The Morgan fingerprint density at radius 3 is 2.26 bits per heavy atom. The zero-order chi connectivity index (χ0) is 14.0. The van der Waals surface area contributed by atoms with E-state index in [2.05, 4.69) is 0 Å². The number of aromatic carboxylic acids is 1. The van der Waals surface area contributed by atoms with E-state index < -0.39 is 23.2 Å². The molecule has 2 rings (SSSR count). The Kier molecular flexibility index (Phi) is 3.46. The van der Waals surface area contributed by atoms with Crippen LogP contribution in [0.25, 0.3) is 11.1 Å². The molecule has 0 saturated heterocycles. The lowest BCUT2D eigenvalue weighted by molar-refractivity contribution is 0.0692.